The van der Waals surface area contributed by atoms with Gasteiger partial charge in [-0.05, 0) is 43.3 Å². The molecule has 0 saturated heterocycles. The Morgan fingerprint density at radius 1 is 1.04 bits per heavy atom. The van der Waals surface area contributed by atoms with Crippen molar-refractivity contribution in [1.29, 1.82) is 0 Å². The maximum absolute atomic E-state index is 12.8. The van der Waals surface area contributed by atoms with Crippen molar-refractivity contribution >= 4 is 17.8 Å². The third-order valence-electron chi connectivity index (χ3n) is 3.09. The summed E-state index contributed by atoms with van der Waals surface area (Å²) in [5.74, 6) is -2.27. The van der Waals surface area contributed by atoms with Gasteiger partial charge in [0.05, 0.1) is 0 Å². The molecule has 0 fully saturated rings. The first-order chi connectivity index (χ1) is 12.0. The normalized spacial score (nSPS) is 11.3. The van der Waals surface area contributed by atoms with Crippen LogP contribution in [-0.4, -0.2) is 30.5 Å². The molecular weight excluding hydrogens is 329 g/mol. The third-order valence-corrected chi connectivity index (χ3v) is 3.09. The molecule has 130 valence electrons. The van der Waals surface area contributed by atoms with Crippen molar-refractivity contribution < 1.29 is 28.2 Å². The van der Waals surface area contributed by atoms with E-state index in [4.69, 9.17) is 9.47 Å². The Kier molecular flexibility index (Phi) is 6.22. The standard InChI is InChI=1S/C18H16FNO5/c1-12(25-15-9-7-14(19)8-10-15)18(23)24-11-16(21)20-17(22)13-5-3-2-4-6-13/h2-10,12H,11H2,1H3,(H,20,21,22)/t12-/m1/s1. The SMILES string of the molecule is C[C@@H](Oc1ccc(F)cc1)C(=O)OCC(=O)NC(=O)c1ccccc1. The van der Waals surface area contributed by atoms with Crippen LogP contribution in [0.2, 0.25) is 0 Å². The zero-order valence-corrected chi connectivity index (χ0v) is 13.4. The van der Waals surface area contributed by atoms with Crippen molar-refractivity contribution in [2.24, 2.45) is 0 Å². The molecule has 1 N–H and O–H groups in total. The fourth-order valence-corrected chi connectivity index (χ4v) is 1.84. The van der Waals surface area contributed by atoms with Gasteiger partial charge in [0.15, 0.2) is 12.7 Å². The molecule has 0 aromatic heterocycles. The topological polar surface area (TPSA) is 81.7 Å². The van der Waals surface area contributed by atoms with Crippen LogP contribution < -0.4 is 10.1 Å². The van der Waals surface area contributed by atoms with Crippen LogP contribution in [0.3, 0.4) is 0 Å². The first-order valence-electron chi connectivity index (χ1n) is 7.44. The van der Waals surface area contributed by atoms with Gasteiger partial charge in [-0.25, -0.2) is 9.18 Å². The highest BCUT2D eigenvalue weighted by atomic mass is 19.1. The van der Waals surface area contributed by atoms with Gasteiger partial charge >= 0.3 is 5.97 Å². The van der Waals surface area contributed by atoms with Crippen LogP contribution in [0.4, 0.5) is 4.39 Å². The van der Waals surface area contributed by atoms with Crippen molar-refractivity contribution in [3.8, 4) is 5.75 Å². The smallest absolute Gasteiger partial charge is 0.347 e. The van der Waals surface area contributed by atoms with Gasteiger partial charge < -0.3 is 9.47 Å². The van der Waals surface area contributed by atoms with Crippen molar-refractivity contribution in [3.05, 3.63) is 66.0 Å². The second-order valence-corrected chi connectivity index (χ2v) is 5.07. The molecule has 25 heavy (non-hydrogen) atoms. The Morgan fingerprint density at radius 2 is 1.68 bits per heavy atom. The quantitative estimate of drug-likeness (QED) is 0.811. The second-order valence-electron chi connectivity index (χ2n) is 5.07. The lowest BCUT2D eigenvalue weighted by Gasteiger charge is -2.13. The molecule has 2 rings (SSSR count). The van der Waals surface area contributed by atoms with E-state index < -0.39 is 36.3 Å². The molecular formula is C18H16FNO5. The molecule has 7 heteroatoms. The maximum Gasteiger partial charge on any atom is 0.347 e. The molecule has 0 heterocycles. The molecule has 0 bridgehead atoms. The predicted octanol–water partition coefficient (Wildman–Crippen LogP) is 2.09. The fourth-order valence-electron chi connectivity index (χ4n) is 1.84. The zero-order valence-electron chi connectivity index (χ0n) is 13.4. The van der Waals surface area contributed by atoms with E-state index in [1.54, 1.807) is 30.3 Å². The summed E-state index contributed by atoms with van der Waals surface area (Å²) in [5, 5.41) is 2.11. The van der Waals surface area contributed by atoms with Gasteiger partial charge in [0, 0.05) is 5.56 Å². The lowest BCUT2D eigenvalue weighted by Crippen LogP contribution is -2.36. The zero-order chi connectivity index (χ0) is 18.2. The summed E-state index contributed by atoms with van der Waals surface area (Å²) in [5.41, 5.74) is 0.315. The number of imide groups is 1. The molecule has 0 aliphatic carbocycles. The number of esters is 1. The molecule has 6 nitrogen and oxygen atoms in total. The molecule has 0 spiro atoms. The number of halogens is 1. The van der Waals surface area contributed by atoms with E-state index in [2.05, 4.69) is 5.32 Å². The molecule has 2 amide bonds. The van der Waals surface area contributed by atoms with Gasteiger partial charge in [-0.1, -0.05) is 18.2 Å². The van der Waals surface area contributed by atoms with Crippen molar-refractivity contribution in [2.45, 2.75) is 13.0 Å². The summed E-state index contributed by atoms with van der Waals surface area (Å²) in [6.45, 7) is 0.813. The molecule has 0 saturated carbocycles. The summed E-state index contributed by atoms with van der Waals surface area (Å²) >= 11 is 0. The average Bonchev–Trinajstić information content (AvgIpc) is 2.62. The summed E-state index contributed by atoms with van der Waals surface area (Å²) in [6.07, 6.45) is -0.997. The van der Waals surface area contributed by atoms with Crippen LogP contribution in [0, 0.1) is 5.82 Å². The molecule has 2 aromatic carbocycles. The highest BCUT2D eigenvalue weighted by molar-refractivity contribution is 6.05. The van der Waals surface area contributed by atoms with Crippen LogP contribution in [0.15, 0.2) is 54.6 Å². The lowest BCUT2D eigenvalue weighted by atomic mass is 10.2. The van der Waals surface area contributed by atoms with Gasteiger partial charge in [-0.15, -0.1) is 0 Å². The number of ether oxygens (including phenoxy) is 2. The third kappa shape index (κ3) is 5.72. The molecule has 0 aliphatic rings. The van der Waals surface area contributed by atoms with E-state index in [0.29, 0.717) is 5.56 Å². The molecule has 0 aliphatic heterocycles. The van der Waals surface area contributed by atoms with E-state index in [0.717, 1.165) is 0 Å². The van der Waals surface area contributed by atoms with Crippen LogP contribution in [0.1, 0.15) is 17.3 Å². The number of carbonyl (C=O) groups is 3. The number of carbonyl (C=O) groups excluding carboxylic acids is 3. The Bertz CT molecular complexity index is 746. The summed E-state index contributed by atoms with van der Waals surface area (Å²) in [4.78, 5) is 35.2. The number of benzene rings is 2. The van der Waals surface area contributed by atoms with E-state index >= 15 is 0 Å². The Morgan fingerprint density at radius 3 is 2.32 bits per heavy atom. The van der Waals surface area contributed by atoms with Crippen LogP contribution in [-0.2, 0) is 14.3 Å². The lowest BCUT2D eigenvalue weighted by molar-refractivity contribution is -0.154. The minimum absolute atomic E-state index is 0.287. The van der Waals surface area contributed by atoms with Gasteiger partial charge in [-0.2, -0.15) is 0 Å². The Labute approximate surface area is 143 Å². The van der Waals surface area contributed by atoms with Gasteiger partial charge in [0.25, 0.3) is 11.8 Å². The molecule has 1 atom stereocenters. The van der Waals surface area contributed by atoms with Crippen molar-refractivity contribution in [3.63, 3.8) is 0 Å². The van der Waals surface area contributed by atoms with Gasteiger partial charge in [0.2, 0.25) is 0 Å². The number of nitrogens with one attached hydrogen (secondary N) is 1. The van der Waals surface area contributed by atoms with E-state index in [-0.39, 0.29) is 5.75 Å². The highest BCUT2D eigenvalue weighted by Gasteiger charge is 2.19. The maximum atomic E-state index is 12.8. The Balaban J connectivity index is 1.77. The van der Waals surface area contributed by atoms with Crippen molar-refractivity contribution in [1.82, 2.24) is 5.32 Å². The first-order valence-corrected chi connectivity index (χ1v) is 7.44. The minimum Gasteiger partial charge on any atom is -0.479 e. The molecule has 2 aromatic rings. The van der Waals surface area contributed by atoms with E-state index in [9.17, 15) is 18.8 Å². The predicted molar refractivity (Wildman–Crippen MR) is 86.4 cm³/mol. The first kappa shape index (κ1) is 18.1. The van der Waals surface area contributed by atoms with Crippen LogP contribution in [0.5, 0.6) is 5.75 Å². The van der Waals surface area contributed by atoms with E-state index in [1.165, 1.54) is 31.2 Å². The van der Waals surface area contributed by atoms with Gasteiger partial charge in [0.1, 0.15) is 11.6 Å². The molecule has 0 unspecified atom stereocenters. The van der Waals surface area contributed by atoms with Gasteiger partial charge in [-0.3, -0.25) is 14.9 Å². The average molecular weight is 345 g/mol. The number of hydrogen-bond donors (Lipinski definition) is 1. The summed E-state index contributed by atoms with van der Waals surface area (Å²) in [7, 11) is 0. The van der Waals surface area contributed by atoms with E-state index in [1.807, 2.05) is 0 Å². The molecule has 0 radical (unpaired) electrons. The largest absolute Gasteiger partial charge is 0.479 e. The number of rotatable bonds is 6. The van der Waals surface area contributed by atoms with Crippen molar-refractivity contribution in [2.75, 3.05) is 6.61 Å². The Hall–Kier alpha value is -3.22. The minimum atomic E-state index is -0.997. The second kappa shape index (κ2) is 8.58. The van der Waals surface area contributed by atoms with Crippen LogP contribution in [0.25, 0.3) is 0 Å². The fraction of sp³-hybridized carbons (Fsp3) is 0.167. The highest BCUT2D eigenvalue weighted by Crippen LogP contribution is 2.13. The summed E-state index contributed by atoms with van der Waals surface area (Å²) < 4.78 is 22.9. The number of amides is 2. The monoisotopic (exact) mass is 345 g/mol. The summed E-state index contributed by atoms with van der Waals surface area (Å²) in [6, 6.07) is 13.3. The van der Waals surface area contributed by atoms with Crippen LogP contribution >= 0.6 is 0 Å². The number of hydrogen-bond acceptors (Lipinski definition) is 5.